The highest BCUT2D eigenvalue weighted by Gasteiger charge is 2.23. The van der Waals surface area contributed by atoms with Crippen molar-refractivity contribution in [3.05, 3.63) is 58.2 Å². The van der Waals surface area contributed by atoms with Gasteiger partial charge in [-0.25, -0.2) is 12.8 Å². The number of benzene rings is 1. The molecule has 7 nitrogen and oxygen atoms in total. The van der Waals surface area contributed by atoms with E-state index >= 15 is 0 Å². The van der Waals surface area contributed by atoms with Gasteiger partial charge in [0.1, 0.15) is 11.6 Å². The van der Waals surface area contributed by atoms with Gasteiger partial charge < -0.3 is 4.98 Å². The summed E-state index contributed by atoms with van der Waals surface area (Å²) >= 11 is 0. The van der Waals surface area contributed by atoms with Crippen molar-refractivity contribution < 1.29 is 22.5 Å². The molecule has 0 radical (unpaired) electrons. The van der Waals surface area contributed by atoms with E-state index in [-0.39, 0.29) is 16.3 Å². The van der Waals surface area contributed by atoms with Gasteiger partial charge in [-0.05, 0) is 24.3 Å². The Hall–Kier alpha value is -2.55. The lowest BCUT2D eigenvalue weighted by molar-refractivity contribution is -0.384. The second-order valence-electron chi connectivity index (χ2n) is 4.16. The Morgan fingerprint density at radius 2 is 1.90 bits per heavy atom. The number of nitrogens with one attached hydrogen (secondary N) is 1. The highest BCUT2D eigenvalue weighted by atomic mass is 32.2. The molecule has 110 valence electrons. The van der Waals surface area contributed by atoms with Crippen LogP contribution in [0, 0.1) is 15.9 Å². The van der Waals surface area contributed by atoms with Gasteiger partial charge in [0.2, 0.25) is 0 Å². The SMILES string of the molecule is O=C(CS(=O)(=O)c1ccc(F)cc1)c1cc([N+](=O)[O-])c[nH]1. The van der Waals surface area contributed by atoms with Crippen molar-refractivity contribution in [3.8, 4) is 0 Å². The second kappa shape index (κ2) is 5.44. The summed E-state index contributed by atoms with van der Waals surface area (Å²) in [6.45, 7) is 0. The number of halogens is 1. The summed E-state index contributed by atoms with van der Waals surface area (Å²) < 4.78 is 36.7. The zero-order valence-electron chi connectivity index (χ0n) is 10.4. The van der Waals surface area contributed by atoms with E-state index in [1.54, 1.807) is 0 Å². The molecule has 1 aromatic carbocycles. The molecule has 0 aliphatic heterocycles. The maximum atomic E-state index is 12.8. The van der Waals surface area contributed by atoms with Crippen molar-refractivity contribution in [1.82, 2.24) is 4.98 Å². The molecule has 0 bridgehead atoms. The molecule has 2 aromatic rings. The summed E-state index contributed by atoms with van der Waals surface area (Å²) in [5.41, 5.74) is -0.509. The second-order valence-corrected chi connectivity index (χ2v) is 6.15. The summed E-state index contributed by atoms with van der Waals surface area (Å²) in [6, 6.07) is 5.00. The lowest BCUT2D eigenvalue weighted by Gasteiger charge is -2.02. The third-order valence-electron chi connectivity index (χ3n) is 2.67. The standard InChI is InChI=1S/C12H9FN2O5S/c13-8-1-3-10(4-2-8)21(19,20)7-12(16)11-5-9(6-14-11)15(17)18/h1-6,14H,7H2. The molecule has 0 saturated carbocycles. The Bertz CT molecular complexity index is 795. The van der Waals surface area contributed by atoms with Crippen molar-refractivity contribution in [2.75, 3.05) is 5.75 Å². The van der Waals surface area contributed by atoms with Crippen molar-refractivity contribution in [3.63, 3.8) is 0 Å². The van der Waals surface area contributed by atoms with Crippen LogP contribution >= 0.6 is 0 Å². The summed E-state index contributed by atoms with van der Waals surface area (Å²) in [5, 5.41) is 10.5. The van der Waals surface area contributed by atoms with Gasteiger partial charge in [-0.1, -0.05) is 0 Å². The average Bonchev–Trinajstić information content (AvgIpc) is 2.88. The predicted molar refractivity (Wildman–Crippen MR) is 70.2 cm³/mol. The zero-order valence-corrected chi connectivity index (χ0v) is 11.3. The molecule has 0 spiro atoms. The molecule has 0 fully saturated rings. The number of ketones is 1. The first-order valence-electron chi connectivity index (χ1n) is 5.64. The summed E-state index contributed by atoms with van der Waals surface area (Å²) in [7, 11) is -3.94. The summed E-state index contributed by atoms with van der Waals surface area (Å²) in [4.78, 5) is 23.8. The van der Waals surface area contributed by atoms with Gasteiger partial charge in [-0.3, -0.25) is 14.9 Å². The molecule has 0 aliphatic rings. The number of aromatic nitrogens is 1. The van der Waals surface area contributed by atoms with E-state index in [9.17, 15) is 27.7 Å². The lowest BCUT2D eigenvalue weighted by Crippen LogP contribution is -2.16. The van der Waals surface area contributed by atoms with Crippen LogP contribution in [0.4, 0.5) is 10.1 Å². The van der Waals surface area contributed by atoms with Crippen molar-refractivity contribution >= 4 is 21.3 Å². The van der Waals surface area contributed by atoms with Gasteiger partial charge in [0.05, 0.1) is 21.7 Å². The van der Waals surface area contributed by atoms with Crippen LogP contribution in [0.1, 0.15) is 10.5 Å². The quantitative estimate of drug-likeness (QED) is 0.391. The molecule has 0 atom stereocenters. The van der Waals surface area contributed by atoms with E-state index in [0.29, 0.717) is 0 Å². The molecule has 0 amide bonds. The van der Waals surface area contributed by atoms with Crippen molar-refractivity contribution in [2.45, 2.75) is 4.90 Å². The van der Waals surface area contributed by atoms with Gasteiger partial charge in [0.15, 0.2) is 15.6 Å². The molecule has 2 rings (SSSR count). The van der Waals surface area contributed by atoms with Crippen LogP contribution in [0.25, 0.3) is 0 Å². The molecule has 0 unspecified atom stereocenters. The maximum absolute atomic E-state index is 12.8. The smallest absolute Gasteiger partial charge is 0.287 e. The van der Waals surface area contributed by atoms with Gasteiger partial charge in [0.25, 0.3) is 5.69 Å². The number of hydrogen-bond donors (Lipinski definition) is 1. The number of carbonyl (C=O) groups excluding carboxylic acids is 1. The van der Waals surface area contributed by atoms with Crippen LogP contribution in [0.15, 0.2) is 41.4 Å². The molecule has 1 N–H and O–H groups in total. The fraction of sp³-hybridized carbons (Fsp3) is 0.0833. The van der Waals surface area contributed by atoms with E-state index in [2.05, 4.69) is 4.98 Å². The number of rotatable bonds is 5. The molecular weight excluding hydrogens is 303 g/mol. The van der Waals surface area contributed by atoms with Gasteiger partial charge in [-0.15, -0.1) is 0 Å². The number of sulfone groups is 1. The number of hydrogen-bond acceptors (Lipinski definition) is 5. The van der Waals surface area contributed by atoms with Crippen LogP contribution in [0.2, 0.25) is 0 Å². The van der Waals surface area contributed by atoms with E-state index in [4.69, 9.17) is 0 Å². The van der Waals surface area contributed by atoms with E-state index < -0.39 is 32.1 Å². The number of aromatic amines is 1. The Balaban J connectivity index is 2.21. The first kappa shape index (κ1) is 14.9. The van der Waals surface area contributed by atoms with E-state index in [1.165, 1.54) is 0 Å². The Kier molecular flexibility index (Phi) is 3.85. The number of H-pyrrole nitrogens is 1. The number of Topliss-reactive ketones (excluding diaryl/α,β-unsaturated/α-hetero) is 1. The monoisotopic (exact) mass is 312 g/mol. The van der Waals surface area contributed by atoms with Crippen LogP contribution in [0.3, 0.4) is 0 Å². The molecule has 1 heterocycles. The molecule has 0 saturated heterocycles. The normalized spacial score (nSPS) is 11.3. The Morgan fingerprint density at radius 1 is 1.29 bits per heavy atom. The molecule has 1 aromatic heterocycles. The maximum Gasteiger partial charge on any atom is 0.287 e. The zero-order chi connectivity index (χ0) is 15.6. The number of carbonyl (C=O) groups is 1. The van der Waals surface area contributed by atoms with Crippen LogP contribution in [-0.4, -0.2) is 29.9 Å². The summed E-state index contributed by atoms with van der Waals surface area (Å²) in [5.74, 6) is -2.27. The van der Waals surface area contributed by atoms with E-state index in [0.717, 1.165) is 36.5 Å². The third kappa shape index (κ3) is 3.31. The Morgan fingerprint density at radius 3 is 2.43 bits per heavy atom. The van der Waals surface area contributed by atoms with Crippen molar-refractivity contribution in [1.29, 1.82) is 0 Å². The minimum atomic E-state index is -3.94. The fourth-order valence-corrected chi connectivity index (χ4v) is 2.84. The molecule has 21 heavy (non-hydrogen) atoms. The predicted octanol–water partition coefficient (Wildman–Crippen LogP) is 1.72. The minimum absolute atomic E-state index is 0.174. The summed E-state index contributed by atoms with van der Waals surface area (Å²) in [6.07, 6.45) is 0.998. The molecule has 0 aliphatic carbocycles. The largest absolute Gasteiger partial charge is 0.353 e. The van der Waals surface area contributed by atoms with E-state index in [1.807, 2.05) is 0 Å². The third-order valence-corrected chi connectivity index (χ3v) is 4.31. The highest BCUT2D eigenvalue weighted by Crippen LogP contribution is 2.16. The first-order valence-corrected chi connectivity index (χ1v) is 7.29. The number of nitro groups is 1. The van der Waals surface area contributed by atoms with Gasteiger partial charge in [0, 0.05) is 6.07 Å². The first-order chi connectivity index (χ1) is 9.79. The van der Waals surface area contributed by atoms with Crippen LogP contribution in [0.5, 0.6) is 0 Å². The lowest BCUT2D eigenvalue weighted by atomic mass is 10.3. The molecular formula is C12H9FN2O5S. The Labute approximate surface area is 118 Å². The van der Waals surface area contributed by atoms with Crippen LogP contribution < -0.4 is 0 Å². The fourth-order valence-electron chi connectivity index (χ4n) is 1.62. The van der Waals surface area contributed by atoms with Gasteiger partial charge in [-0.2, -0.15) is 0 Å². The molecule has 9 heteroatoms. The number of nitrogens with zero attached hydrogens (tertiary/aromatic N) is 1. The highest BCUT2D eigenvalue weighted by molar-refractivity contribution is 7.92. The van der Waals surface area contributed by atoms with Crippen LogP contribution in [-0.2, 0) is 9.84 Å². The van der Waals surface area contributed by atoms with Crippen molar-refractivity contribution in [2.24, 2.45) is 0 Å². The average molecular weight is 312 g/mol. The van der Waals surface area contributed by atoms with Gasteiger partial charge >= 0.3 is 0 Å². The topological polar surface area (TPSA) is 110 Å². The minimum Gasteiger partial charge on any atom is -0.353 e.